The molecule has 1 aliphatic carbocycles. The Balaban J connectivity index is 1.19. The van der Waals surface area contributed by atoms with Gasteiger partial charge >= 0.3 is 5.97 Å². The fourth-order valence-corrected chi connectivity index (χ4v) is 4.47. The fourth-order valence-electron chi connectivity index (χ4n) is 3.63. The number of carboxylic acids is 1. The molecular formula is C28H24N2O4S. The van der Waals surface area contributed by atoms with Gasteiger partial charge in [-0.25, -0.2) is 0 Å². The molecule has 2 aliphatic rings. The minimum absolute atomic E-state index is 0.0275. The molecule has 0 bridgehead atoms. The van der Waals surface area contributed by atoms with Gasteiger partial charge < -0.3 is 15.2 Å². The molecule has 1 amide bonds. The zero-order valence-electron chi connectivity index (χ0n) is 18.9. The highest BCUT2D eigenvalue weighted by Gasteiger charge is 2.22. The summed E-state index contributed by atoms with van der Waals surface area (Å²) in [5.41, 5.74) is 4.58. The number of aliphatic carboxylic acids is 1. The van der Waals surface area contributed by atoms with E-state index in [1.165, 1.54) is 24.6 Å². The fraction of sp³-hybridized carbons (Fsp3) is 0.179. The molecule has 7 heteroatoms. The minimum Gasteiger partial charge on any atom is -0.493 e. The van der Waals surface area contributed by atoms with Crippen LogP contribution in [0, 0.1) is 5.92 Å². The quantitative estimate of drug-likeness (QED) is 0.390. The third-order valence-electron chi connectivity index (χ3n) is 5.76. The molecule has 0 atom stereocenters. The van der Waals surface area contributed by atoms with Gasteiger partial charge in [-0.2, -0.15) is 4.99 Å². The van der Waals surface area contributed by atoms with Gasteiger partial charge in [0.05, 0.1) is 17.9 Å². The van der Waals surface area contributed by atoms with Crippen molar-refractivity contribution in [1.29, 1.82) is 0 Å². The molecule has 1 saturated carbocycles. The summed E-state index contributed by atoms with van der Waals surface area (Å²) in [6.07, 6.45) is 4.36. The van der Waals surface area contributed by atoms with E-state index in [2.05, 4.69) is 22.4 Å². The number of thioether (sulfide) groups is 1. The van der Waals surface area contributed by atoms with E-state index in [1.807, 2.05) is 42.5 Å². The summed E-state index contributed by atoms with van der Waals surface area (Å²) in [4.78, 5) is 27.8. The first-order chi connectivity index (χ1) is 17.0. The number of benzene rings is 3. The molecule has 0 radical (unpaired) electrons. The molecule has 1 aliphatic heterocycles. The van der Waals surface area contributed by atoms with Crippen LogP contribution in [0.5, 0.6) is 5.75 Å². The van der Waals surface area contributed by atoms with Crippen LogP contribution in [0.3, 0.4) is 0 Å². The highest BCUT2D eigenvalue weighted by molar-refractivity contribution is 8.18. The van der Waals surface area contributed by atoms with E-state index in [4.69, 9.17) is 9.84 Å². The number of rotatable bonds is 8. The number of nitrogens with zero attached hydrogens (tertiary/aromatic N) is 1. The van der Waals surface area contributed by atoms with Gasteiger partial charge in [0, 0.05) is 5.69 Å². The standard InChI is InChI=1S/C28H24N2O4S/c31-26(32)16-19-5-11-23(12-6-19)29-28-30-27(33)25(35-28)15-18-3-7-21(8-4-18)22-9-13-24(14-10-22)34-17-20-1-2-20/h3-15,20H,1-2,16-17H2,(H,31,32)(H,29,30,33). The predicted octanol–water partition coefficient (Wildman–Crippen LogP) is 5.85. The normalized spacial score (nSPS) is 16.3. The number of amides is 1. The van der Waals surface area contributed by atoms with E-state index in [0.717, 1.165) is 40.7 Å². The van der Waals surface area contributed by atoms with Crippen LogP contribution < -0.4 is 10.1 Å². The smallest absolute Gasteiger partial charge is 0.307 e. The average Bonchev–Trinajstić information content (AvgIpc) is 3.62. The van der Waals surface area contributed by atoms with Gasteiger partial charge in [-0.15, -0.1) is 0 Å². The number of carbonyl (C=O) groups excluding carboxylic acids is 1. The Morgan fingerprint density at radius 2 is 1.66 bits per heavy atom. The third-order valence-corrected chi connectivity index (χ3v) is 6.66. The summed E-state index contributed by atoms with van der Waals surface area (Å²) in [6, 6.07) is 23.2. The molecule has 0 spiro atoms. The zero-order chi connectivity index (χ0) is 24.2. The highest BCUT2D eigenvalue weighted by Crippen LogP contribution is 2.31. The lowest BCUT2D eigenvalue weighted by Crippen LogP contribution is -2.05. The van der Waals surface area contributed by atoms with Crippen molar-refractivity contribution in [3.8, 4) is 16.9 Å². The van der Waals surface area contributed by atoms with Crippen molar-refractivity contribution < 1.29 is 19.4 Å². The zero-order valence-corrected chi connectivity index (χ0v) is 19.8. The maximum atomic E-state index is 12.4. The maximum Gasteiger partial charge on any atom is 0.307 e. The Morgan fingerprint density at radius 3 is 2.29 bits per heavy atom. The first-order valence-corrected chi connectivity index (χ1v) is 12.3. The second-order valence-corrected chi connectivity index (χ2v) is 9.66. The van der Waals surface area contributed by atoms with Crippen LogP contribution in [0.15, 0.2) is 82.7 Å². The van der Waals surface area contributed by atoms with Crippen molar-refractivity contribution in [2.24, 2.45) is 10.9 Å². The molecule has 3 aromatic carbocycles. The lowest BCUT2D eigenvalue weighted by Gasteiger charge is -2.07. The van der Waals surface area contributed by atoms with E-state index in [0.29, 0.717) is 15.6 Å². The largest absolute Gasteiger partial charge is 0.493 e. The molecule has 3 aromatic rings. The van der Waals surface area contributed by atoms with Crippen molar-refractivity contribution in [3.63, 3.8) is 0 Å². The Labute approximate surface area is 207 Å². The van der Waals surface area contributed by atoms with Crippen molar-refractivity contribution in [2.45, 2.75) is 19.3 Å². The summed E-state index contributed by atoms with van der Waals surface area (Å²) in [6.45, 7) is 0.805. The van der Waals surface area contributed by atoms with Crippen LogP contribution in [-0.4, -0.2) is 28.8 Å². The number of nitrogens with one attached hydrogen (secondary N) is 1. The number of carboxylic acid groups (broad SMARTS) is 1. The molecule has 0 unspecified atom stereocenters. The van der Waals surface area contributed by atoms with Gasteiger partial charge in [0.2, 0.25) is 0 Å². The number of hydrogen-bond donors (Lipinski definition) is 2. The molecule has 35 heavy (non-hydrogen) atoms. The molecule has 1 fully saturated rings. The summed E-state index contributed by atoms with van der Waals surface area (Å²) in [5, 5.41) is 12.5. The van der Waals surface area contributed by atoms with Crippen molar-refractivity contribution in [1.82, 2.24) is 0 Å². The first-order valence-electron chi connectivity index (χ1n) is 11.5. The lowest BCUT2D eigenvalue weighted by molar-refractivity contribution is -0.136. The summed E-state index contributed by atoms with van der Waals surface area (Å²) >= 11 is 1.28. The number of hydrogen-bond acceptors (Lipinski definition) is 5. The van der Waals surface area contributed by atoms with Crippen LogP contribution >= 0.6 is 11.8 Å². The Kier molecular flexibility index (Phi) is 6.68. The van der Waals surface area contributed by atoms with Crippen LogP contribution in [0.4, 0.5) is 5.69 Å². The Hall–Kier alpha value is -3.84. The number of amidine groups is 1. The molecule has 6 nitrogen and oxygen atoms in total. The second-order valence-electron chi connectivity index (χ2n) is 8.63. The van der Waals surface area contributed by atoms with Gasteiger partial charge in [0.15, 0.2) is 5.17 Å². The van der Waals surface area contributed by atoms with Gasteiger partial charge in [-0.1, -0.05) is 48.5 Å². The summed E-state index contributed by atoms with van der Waals surface area (Å²) < 4.78 is 5.81. The highest BCUT2D eigenvalue weighted by atomic mass is 32.2. The van der Waals surface area contributed by atoms with E-state index >= 15 is 0 Å². The van der Waals surface area contributed by atoms with Crippen molar-refractivity contribution >= 4 is 40.6 Å². The van der Waals surface area contributed by atoms with Crippen molar-refractivity contribution in [3.05, 3.63) is 88.8 Å². The van der Waals surface area contributed by atoms with Crippen LogP contribution in [0.25, 0.3) is 17.2 Å². The average molecular weight is 485 g/mol. The Bertz CT molecular complexity index is 1290. The molecule has 0 saturated heterocycles. The van der Waals surface area contributed by atoms with Crippen LogP contribution in [-0.2, 0) is 16.0 Å². The number of aliphatic imine (C=N–C) groups is 1. The molecule has 176 valence electrons. The SMILES string of the molecule is O=C(O)Cc1ccc(NC2=NC(=O)C(=Cc3ccc(-c4ccc(OCC5CC5)cc4)cc3)S2)cc1. The first kappa shape index (κ1) is 22.9. The number of carbonyl (C=O) groups is 2. The Morgan fingerprint density at radius 1 is 1.00 bits per heavy atom. The topological polar surface area (TPSA) is 88.0 Å². The van der Waals surface area contributed by atoms with E-state index < -0.39 is 5.97 Å². The molecule has 1 heterocycles. The minimum atomic E-state index is -0.874. The maximum absolute atomic E-state index is 12.4. The predicted molar refractivity (Wildman–Crippen MR) is 140 cm³/mol. The van der Waals surface area contributed by atoms with Crippen molar-refractivity contribution in [2.75, 3.05) is 11.9 Å². The monoisotopic (exact) mass is 484 g/mol. The van der Waals surface area contributed by atoms with Crippen LogP contribution in [0.1, 0.15) is 24.0 Å². The molecular weight excluding hydrogens is 460 g/mol. The van der Waals surface area contributed by atoms with E-state index in [9.17, 15) is 9.59 Å². The van der Waals surface area contributed by atoms with Gasteiger partial charge in [-0.05, 0) is 83.1 Å². The van der Waals surface area contributed by atoms with Gasteiger partial charge in [-0.3, -0.25) is 9.59 Å². The number of ether oxygens (including phenoxy) is 1. The van der Waals surface area contributed by atoms with Crippen LogP contribution in [0.2, 0.25) is 0 Å². The molecule has 5 rings (SSSR count). The second kappa shape index (κ2) is 10.2. The van der Waals surface area contributed by atoms with E-state index in [1.54, 1.807) is 24.3 Å². The number of anilines is 1. The molecule has 2 N–H and O–H groups in total. The molecule has 0 aromatic heterocycles. The summed E-state index contributed by atoms with van der Waals surface area (Å²) in [5.74, 6) is 0.474. The lowest BCUT2D eigenvalue weighted by atomic mass is 10.0. The van der Waals surface area contributed by atoms with Gasteiger partial charge in [0.1, 0.15) is 5.75 Å². The summed E-state index contributed by atoms with van der Waals surface area (Å²) in [7, 11) is 0. The van der Waals surface area contributed by atoms with Gasteiger partial charge in [0.25, 0.3) is 5.91 Å². The third kappa shape index (κ3) is 6.19. The van der Waals surface area contributed by atoms with E-state index in [-0.39, 0.29) is 12.3 Å².